The fraction of sp³-hybridized carbons (Fsp3) is 0.111. The maximum absolute atomic E-state index is 10.6. The molecule has 0 aliphatic rings. The van der Waals surface area contributed by atoms with Gasteiger partial charge in [0.25, 0.3) is 0 Å². The van der Waals surface area contributed by atoms with Crippen LogP contribution in [0.15, 0.2) is 12.1 Å². The van der Waals surface area contributed by atoms with Gasteiger partial charge < -0.3 is 16.2 Å². The van der Waals surface area contributed by atoms with Gasteiger partial charge in [-0.3, -0.25) is 4.79 Å². The lowest BCUT2D eigenvalue weighted by atomic mass is 10.1. The van der Waals surface area contributed by atoms with Crippen molar-refractivity contribution >= 4 is 40.9 Å². The number of benzene rings is 1. The van der Waals surface area contributed by atoms with Crippen LogP contribution in [0.2, 0.25) is 10.0 Å². The van der Waals surface area contributed by atoms with E-state index in [9.17, 15) is 9.59 Å². The molecular formula is C9H8Cl2N2O3. The first kappa shape index (κ1) is 12.6. The number of carboxylic acids is 1. The highest BCUT2D eigenvalue weighted by atomic mass is 35.5. The molecular weight excluding hydrogens is 255 g/mol. The number of anilines is 1. The van der Waals surface area contributed by atoms with E-state index in [0.717, 1.165) is 0 Å². The standard InChI is InChI=1S/C9H8Cl2N2O3/c10-6-1-4(13-9(12)16)2-7(11)5(6)3-8(14)15/h1-2H,3H2,(H,14,15)(H3,12,13,16). The average Bonchev–Trinajstić information content (AvgIpc) is 2.10. The van der Waals surface area contributed by atoms with Gasteiger partial charge in [0.15, 0.2) is 0 Å². The van der Waals surface area contributed by atoms with Crippen LogP contribution in [-0.2, 0) is 11.2 Å². The number of hydrogen-bond acceptors (Lipinski definition) is 2. The summed E-state index contributed by atoms with van der Waals surface area (Å²) in [5.74, 6) is -1.04. The van der Waals surface area contributed by atoms with E-state index >= 15 is 0 Å². The van der Waals surface area contributed by atoms with Gasteiger partial charge in [0, 0.05) is 21.3 Å². The number of nitrogens with two attached hydrogens (primary N) is 1. The van der Waals surface area contributed by atoms with Gasteiger partial charge in [-0.15, -0.1) is 0 Å². The van der Waals surface area contributed by atoms with Crippen LogP contribution < -0.4 is 11.1 Å². The molecule has 86 valence electrons. The van der Waals surface area contributed by atoms with Gasteiger partial charge in [-0.25, -0.2) is 4.79 Å². The molecule has 0 aromatic heterocycles. The second kappa shape index (κ2) is 5.05. The van der Waals surface area contributed by atoms with E-state index in [4.69, 9.17) is 34.0 Å². The normalized spacial score (nSPS) is 9.88. The number of carboxylic acid groups (broad SMARTS) is 1. The quantitative estimate of drug-likeness (QED) is 0.779. The molecule has 0 saturated carbocycles. The molecule has 16 heavy (non-hydrogen) atoms. The van der Waals surface area contributed by atoms with Crippen LogP contribution in [0.25, 0.3) is 0 Å². The van der Waals surface area contributed by atoms with E-state index in [1.807, 2.05) is 0 Å². The molecule has 1 aromatic rings. The van der Waals surface area contributed by atoms with Crippen molar-refractivity contribution < 1.29 is 14.7 Å². The molecule has 0 saturated heterocycles. The van der Waals surface area contributed by atoms with Gasteiger partial charge >= 0.3 is 12.0 Å². The second-order valence-electron chi connectivity index (χ2n) is 2.98. The molecule has 0 heterocycles. The van der Waals surface area contributed by atoms with Crippen molar-refractivity contribution in [2.45, 2.75) is 6.42 Å². The third-order valence-electron chi connectivity index (χ3n) is 1.74. The largest absolute Gasteiger partial charge is 0.481 e. The Labute approximate surface area is 101 Å². The van der Waals surface area contributed by atoms with Crippen LogP contribution in [0.5, 0.6) is 0 Å². The SMILES string of the molecule is NC(=O)Nc1cc(Cl)c(CC(=O)O)c(Cl)c1. The fourth-order valence-corrected chi connectivity index (χ4v) is 1.76. The summed E-state index contributed by atoms with van der Waals surface area (Å²) >= 11 is 11.6. The highest BCUT2D eigenvalue weighted by Crippen LogP contribution is 2.29. The number of carbonyl (C=O) groups excluding carboxylic acids is 1. The maximum Gasteiger partial charge on any atom is 0.316 e. The van der Waals surface area contributed by atoms with Crippen LogP contribution in [0, 0.1) is 0 Å². The van der Waals surface area contributed by atoms with Crippen LogP contribution in [-0.4, -0.2) is 17.1 Å². The predicted molar refractivity (Wildman–Crippen MR) is 61.0 cm³/mol. The summed E-state index contributed by atoms with van der Waals surface area (Å²) in [4.78, 5) is 21.1. The van der Waals surface area contributed by atoms with Gasteiger partial charge in [0.1, 0.15) is 0 Å². The van der Waals surface area contributed by atoms with E-state index in [1.165, 1.54) is 12.1 Å². The molecule has 1 aromatic carbocycles. The van der Waals surface area contributed by atoms with Crippen LogP contribution in [0.4, 0.5) is 10.5 Å². The van der Waals surface area contributed by atoms with Gasteiger partial charge in [-0.05, 0) is 12.1 Å². The predicted octanol–water partition coefficient (Wildman–Crippen LogP) is 2.11. The number of rotatable bonds is 3. The Morgan fingerprint density at radius 2 is 1.81 bits per heavy atom. The molecule has 0 atom stereocenters. The molecule has 7 heteroatoms. The number of primary amides is 1. The number of urea groups is 1. The summed E-state index contributed by atoms with van der Waals surface area (Å²) in [5, 5.41) is 11.2. The summed E-state index contributed by atoms with van der Waals surface area (Å²) < 4.78 is 0. The van der Waals surface area contributed by atoms with Gasteiger partial charge in [-0.1, -0.05) is 23.2 Å². The summed E-state index contributed by atoms with van der Waals surface area (Å²) in [7, 11) is 0. The minimum absolute atomic E-state index is 0.165. The van der Waals surface area contributed by atoms with Crippen LogP contribution in [0.3, 0.4) is 0 Å². The lowest BCUT2D eigenvalue weighted by molar-refractivity contribution is -0.136. The molecule has 0 aliphatic heterocycles. The first-order chi connectivity index (χ1) is 7.40. The topological polar surface area (TPSA) is 92.4 Å². The zero-order valence-corrected chi connectivity index (χ0v) is 9.47. The second-order valence-corrected chi connectivity index (χ2v) is 3.79. The van der Waals surface area contributed by atoms with Crippen molar-refractivity contribution in [2.75, 3.05) is 5.32 Å². The third kappa shape index (κ3) is 3.29. The van der Waals surface area contributed by atoms with Crippen molar-refractivity contribution in [3.8, 4) is 0 Å². The van der Waals surface area contributed by atoms with Crippen LogP contribution in [0.1, 0.15) is 5.56 Å². The minimum atomic E-state index is -1.04. The lowest BCUT2D eigenvalue weighted by Crippen LogP contribution is -2.19. The Morgan fingerprint density at radius 3 is 2.19 bits per heavy atom. The zero-order valence-electron chi connectivity index (χ0n) is 7.96. The van der Waals surface area contributed by atoms with E-state index in [-0.39, 0.29) is 16.5 Å². The molecule has 0 radical (unpaired) electrons. The molecule has 0 spiro atoms. The number of nitrogens with one attached hydrogen (secondary N) is 1. The average molecular weight is 263 g/mol. The first-order valence-corrected chi connectivity index (χ1v) is 4.92. The molecule has 2 amide bonds. The van der Waals surface area contributed by atoms with E-state index < -0.39 is 12.0 Å². The molecule has 5 nitrogen and oxygen atoms in total. The molecule has 4 N–H and O–H groups in total. The lowest BCUT2D eigenvalue weighted by Gasteiger charge is -2.08. The number of aliphatic carboxylic acids is 1. The Hall–Kier alpha value is -1.46. The van der Waals surface area contributed by atoms with Crippen molar-refractivity contribution in [3.05, 3.63) is 27.7 Å². The maximum atomic E-state index is 10.6. The summed E-state index contributed by atoms with van der Waals surface area (Å²) in [6, 6.07) is 2.02. The van der Waals surface area contributed by atoms with Gasteiger partial charge in [0.2, 0.25) is 0 Å². The number of hydrogen-bond donors (Lipinski definition) is 3. The fourth-order valence-electron chi connectivity index (χ4n) is 1.14. The highest BCUT2D eigenvalue weighted by molar-refractivity contribution is 6.36. The minimum Gasteiger partial charge on any atom is -0.481 e. The van der Waals surface area contributed by atoms with E-state index in [2.05, 4.69) is 5.32 Å². The Morgan fingerprint density at radius 1 is 1.31 bits per heavy atom. The smallest absolute Gasteiger partial charge is 0.316 e. The summed E-state index contributed by atoms with van der Waals surface area (Å²) in [6.45, 7) is 0. The van der Waals surface area contributed by atoms with Crippen molar-refractivity contribution in [3.63, 3.8) is 0 Å². The van der Waals surface area contributed by atoms with E-state index in [0.29, 0.717) is 11.3 Å². The van der Waals surface area contributed by atoms with Crippen molar-refractivity contribution in [2.24, 2.45) is 5.73 Å². The van der Waals surface area contributed by atoms with Gasteiger partial charge in [0.05, 0.1) is 6.42 Å². The molecule has 0 unspecified atom stereocenters. The van der Waals surface area contributed by atoms with Crippen LogP contribution >= 0.6 is 23.2 Å². The first-order valence-electron chi connectivity index (χ1n) is 4.16. The van der Waals surface area contributed by atoms with Crippen molar-refractivity contribution in [1.82, 2.24) is 0 Å². The molecule has 0 bridgehead atoms. The zero-order chi connectivity index (χ0) is 12.3. The number of halogens is 2. The number of amides is 2. The van der Waals surface area contributed by atoms with Crippen molar-refractivity contribution in [1.29, 1.82) is 0 Å². The monoisotopic (exact) mass is 262 g/mol. The summed E-state index contributed by atoms with van der Waals surface area (Å²) in [5.41, 5.74) is 5.53. The Balaban J connectivity index is 3.06. The summed E-state index contributed by atoms with van der Waals surface area (Å²) in [6.07, 6.45) is -0.283. The Bertz CT molecular complexity index is 425. The molecule has 0 fully saturated rings. The Kier molecular flexibility index (Phi) is 3.98. The third-order valence-corrected chi connectivity index (χ3v) is 2.41. The number of carbonyl (C=O) groups is 2. The molecule has 0 aliphatic carbocycles. The molecule has 1 rings (SSSR count). The van der Waals surface area contributed by atoms with Gasteiger partial charge in [-0.2, -0.15) is 0 Å². The highest BCUT2D eigenvalue weighted by Gasteiger charge is 2.12. The van der Waals surface area contributed by atoms with E-state index in [1.54, 1.807) is 0 Å².